The number of hydrogen-bond donors (Lipinski definition) is 1. The van der Waals surface area contributed by atoms with Gasteiger partial charge in [-0.15, -0.1) is 10.2 Å². The first-order chi connectivity index (χ1) is 10.8. The molecular formula is C16H13N3O2S. The number of carbonyl (C=O) groups is 1. The van der Waals surface area contributed by atoms with E-state index in [-0.39, 0.29) is 5.91 Å². The van der Waals surface area contributed by atoms with E-state index in [1.54, 1.807) is 19.2 Å². The largest absolute Gasteiger partial charge is 0.495 e. The number of amides is 1. The third-order valence-corrected chi connectivity index (χ3v) is 3.97. The van der Waals surface area contributed by atoms with Gasteiger partial charge >= 0.3 is 0 Å². The van der Waals surface area contributed by atoms with Gasteiger partial charge in [0.05, 0.1) is 12.8 Å². The maximum absolute atomic E-state index is 12.3. The maximum Gasteiger partial charge on any atom is 0.286 e. The zero-order chi connectivity index (χ0) is 15.4. The fourth-order valence-corrected chi connectivity index (χ4v) is 2.68. The van der Waals surface area contributed by atoms with Crippen LogP contribution in [-0.4, -0.2) is 23.2 Å². The molecule has 0 aliphatic heterocycles. The van der Waals surface area contributed by atoms with Crippen molar-refractivity contribution in [3.8, 4) is 16.3 Å². The van der Waals surface area contributed by atoms with Crippen molar-refractivity contribution >= 4 is 22.9 Å². The highest BCUT2D eigenvalue weighted by atomic mass is 32.1. The topological polar surface area (TPSA) is 64.1 Å². The number of nitrogens with zero attached hydrogens (tertiary/aromatic N) is 2. The Bertz CT molecular complexity index is 787. The minimum atomic E-state index is -0.302. The minimum absolute atomic E-state index is 0.302. The van der Waals surface area contributed by atoms with Gasteiger partial charge in [-0.25, -0.2) is 0 Å². The van der Waals surface area contributed by atoms with Crippen LogP contribution in [0.5, 0.6) is 5.75 Å². The fraction of sp³-hybridized carbons (Fsp3) is 0.0625. The highest BCUT2D eigenvalue weighted by molar-refractivity contribution is 7.16. The summed E-state index contributed by atoms with van der Waals surface area (Å²) in [6, 6.07) is 16.9. The molecule has 22 heavy (non-hydrogen) atoms. The highest BCUT2D eigenvalue weighted by Crippen LogP contribution is 2.26. The van der Waals surface area contributed by atoms with E-state index in [0.717, 1.165) is 5.56 Å². The summed E-state index contributed by atoms with van der Waals surface area (Å²) in [7, 11) is 1.56. The van der Waals surface area contributed by atoms with Gasteiger partial charge in [-0.2, -0.15) is 0 Å². The van der Waals surface area contributed by atoms with Crippen LogP contribution in [-0.2, 0) is 0 Å². The molecule has 3 rings (SSSR count). The molecule has 0 bridgehead atoms. The fourth-order valence-electron chi connectivity index (χ4n) is 1.94. The van der Waals surface area contributed by atoms with Gasteiger partial charge in [-0.3, -0.25) is 4.79 Å². The van der Waals surface area contributed by atoms with Crippen molar-refractivity contribution in [3.05, 3.63) is 59.6 Å². The summed E-state index contributed by atoms with van der Waals surface area (Å²) < 4.78 is 5.21. The summed E-state index contributed by atoms with van der Waals surface area (Å²) in [4.78, 5) is 12.3. The van der Waals surface area contributed by atoms with Crippen LogP contribution in [0.15, 0.2) is 54.6 Å². The summed E-state index contributed by atoms with van der Waals surface area (Å²) in [5.41, 5.74) is 1.54. The van der Waals surface area contributed by atoms with Crippen molar-refractivity contribution in [1.82, 2.24) is 10.2 Å². The van der Waals surface area contributed by atoms with Crippen molar-refractivity contribution < 1.29 is 9.53 Å². The van der Waals surface area contributed by atoms with E-state index in [4.69, 9.17) is 4.74 Å². The predicted molar refractivity (Wildman–Crippen MR) is 86.3 cm³/mol. The number of ether oxygens (including phenoxy) is 1. The second-order valence-electron chi connectivity index (χ2n) is 4.43. The molecule has 6 heteroatoms. The molecular weight excluding hydrogens is 298 g/mol. The average Bonchev–Trinajstić information content (AvgIpc) is 3.06. The van der Waals surface area contributed by atoms with Gasteiger partial charge in [0.25, 0.3) is 5.91 Å². The van der Waals surface area contributed by atoms with Crippen molar-refractivity contribution in [2.45, 2.75) is 0 Å². The molecule has 1 aromatic heterocycles. The quantitative estimate of drug-likeness (QED) is 0.801. The molecule has 1 N–H and O–H groups in total. The van der Waals surface area contributed by atoms with Crippen LogP contribution in [0.2, 0.25) is 0 Å². The summed E-state index contributed by atoms with van der Waals surface area (Å²) in [5, 5.41) is 11.8. The van der Waals surface area contributed by atoms with E-state index in [9.17, 15) is 4.79 Å². The molecule has 0 aliphatic carbocycles. The van der Waals surface area contributed by atoms with E-state index in [1.807, 2.05) is 42.5 Å². The van der Waals surface area contributed by atoms with Crippen LogP contribution < -0.4 is 10.1 Å². The summed E-state index contributed by atoms with van der Waals surface area (Å²) in [6.07, 6.45) is 0. The van der Waals surface area contributed by atoms with Crippen molar-refractivity contribution in [2.24, 2.45) is 0 Å². The molecule has 0 saturated heterocycles. The van der Waals surface area contributed by atoms with Crippen LogP contribution in [0, 0.1) is 0 Å². The first-order valence-corrected chi connectivity index (χ1v) is 7.43. The molecule has 0 fully saturated rings. The smallest absolute Gasteiger partial charge is 0.286 e. The SMILES string of the molecule is COc1ccccc1NC(=O)c1nnc(-c2ccccc2)s1. The number of para-hydroxylation sites is 2. The number of aromatic nitrogens is 2. The maximum atomic E-state index is 12.3. The van der Waals surface area contributed by atoms with Crippen LogP contribution in [0.1, 0.15) is 9.80 Å². The second-order valence-corrected chi connectivity index (χ2v) is 5.41. The first kappa shape index (κ1) is 14.2. The molecule has 3 aromatic rings. The Balaban J connectivity index is 1.80. The van der Waals surface area contributed by atoms with Gasteiger partial charge in [0.1, 0.15) is 10.8 Å². The van der Waals surface area contributed by atoms with E-state index in [1.165, 1.54) is 11.3 Å². The Kier molecular flexibility index (Phi) is 4.11. The standard InChI is InChI=1S/C16H13N3O2S/c1-21-13-10-6-5-9-12(13)17-14(20)16-19-18-15(22-16)11-7-3-2-4-8-11/h2-10H,1H3,(H,17,20). The Morgan fingerprint density at radius 1 is 1.05 bits per heavy atom. The van der Waals surface area contributed by atoms with E-state index in [2.05, 4.69) is 15.5 Å². The number of hydrogen-bond acceptors (Lipinski definition) is 5. The lowest BCUT2D eigenvalue weighted by atomic mass is 10.2. The highest BCUT2D eigenvalue weighted by Gasteiger charge is 2.15. The van der Waals surface area contributed by atoms with Gasteiger partial charge < -0.3 is 10.1 Å². The monoisotopic (exact) mass is 311 g/mol. The van der Waals surface area contributed by atoms with E-state index < -0.39 is 0 Å². The van der Waals surface area contributed by atoms with Crippen LogP contribution in [0.3, 0.4) is 0 Å². The average molecular weight is 311 g/mol. The molecule has 0 atom stereocenters. The molecule has 2 aromatic carbocycles. The number of rotatable bonds is 4. The molecule has 1 heterocycles. The lowest BCUT2D eigenvalue weighted by Gasteiger charge is -2.07. The number of methoxy groups -OCH3 is 1. The van der Waals surface area contributed by atoms with E-state index >= 15 is 0 Å². The number of nitrogens with one attached hydrogen (secondary N) is 1. The first-order valence-electron chi connectivity index (χ1n) is 6.61. The predicted octanol–water partition coefficient (Wildman–Crippen LogP) is 3.47. The lowest BCUT2D eigenvalue weighted by Crippen LogP contribution is -2.12. The number of benzene rings is 2. The lowest BCUT2D eigenvalue weighted by molar-refractivity contribution is 0.102. The Labute approximate surface area is 131 Å². The van der Waals surface area contributed by atoms with Crippen LogP contribution in [0.25, 0.3) is 10.6 Å². The molecule has 0 spiro atoms. The minimum Gasteiger partial charge on any atom is -0.495 e. The van der Waals surface area contributed by atoms with Gasteiger partial charge in [0.15, 0.2) is 0 Å². The second kappa shape index (κ2) is 6.36. The molecule has 0 radical (unpaired) electrons. The Hall–Kier alpha value is -2.73. The third-order valence-electron chi connectivity index (χ3n) is 3.00. The molecule has 0 aliphatic rings. The van der Waals surface area contributed by atoms with Crippen LogP contribution >= 0.6 is 11.3 Å². The van der Waals surface area contributed by atoms with Gasteiger partial charge in [-0.1, -0.05) is 53.8 Å². The molecule has 0 saturated carbocycles. The summed E-state index contributed by atoms with van der Waals surface area (Å²) in [5.74, 6) is 0.299. The molecule has 5 nitrogen and oxygen atoms in total. The normalized spacial score (nSPS) is 10.2. The van der Waals surface area contributed by atoms with Gasteiger partial charge in [0.2, 0.25) is 5.01 Å². The van der Waals surface area contributed by atoms with Gasteiger partial charge in [-0.05, 0) is 12.1 Å². The number of anilines is 1. The van der Waals surface area contributed by atoms with Gasteiger partial charge in [0, 0.05) is 5.56 Å². The number of carbonyl (C=O) groups excluding carboxylic acids is 1. The molecule has 1 amide bonds. The van der Waals surface area contributed by atoms with Crippen molar-refractivity contribution in [3.63, 3.8) is 0 Å². The third kappa shape index (κ3) is 2.96. The zero-order valence-corrected chi connectivity index (χ0v) is 12.6. The van der Waals surface area contributed by atoms with Crippen LogP contribution in [0.4, 0.5) is 5.69 Å². The molecule has 0 unspecified atom stereocenters. The molecule has 110 valence electrons. The van der Waals surface area contributed by atoms with Crippen molar-refractivity contribution in [1.29, 1.82) is 0 Å². The summed E-state index contributed by atoms with van der Waals surface area (Å²) >= 11 is 1.25. The van der Waals surface area contributed by atoms with Crippen molar-refractivity contribution in [2.75, 3.05) is 12.4 Å². The summed E-state index contributed by atoms with van der Waals surface area (Å²) in [6.45, 7) is 0. The zero-order valence-electron chi connectivity index (χ0n) is 11.8. The Morgan fingerprint density at radius 3 is 2.55 bits per heavy atom. The van der Waals surface area contributed by atoms with E-state index in [0.29, 0.717) is 21.5 Å². The Morgan fingerprint density at radius 2 is 1.77 bits per heavy atom.